The van der Waals surface area contributed by atoms with Gasteiger partial charge in [-0.3, -0.25) is 4.79 Å². The maximum atomic E-state index is 13.0. The van der Waals surface area contributed by atoms with Gasteiger partial charge in [-0.15, -0.1) is 0 Å². The molecule has 1 heterocycles. The Kier molecular flexibility index (Phi) is 5.75. The third-order valence-electron chi connectivity index (χ3n) is 4.25. The molecule has 1 fully saturated rings. The summed E-state index contributed by atoms with van der Waals surface area (Å²) in [6, 6.07) is 4.66. The van der Waals surface area contributed by atoms with E-state index < -0.39 is 15.8 Å². The van der Waals surface area contributed by atoms with Crippen LogP contribution in [0, 0.1) is 11.7 Å². The number of amides is 1. The summed E-state index contributed by atoms with van der Waals surface area (Å²) in [5, 5.41) is 0. The second-order valence-electron chi connectivity index (χ2n) is 5.95. The number of benzene rings is 1. The summed E-state index contributed by atoms with van der Waals surface area (Å²) in [7, 11) is -3.79. The van der Waals surface area contributed by atoms with Gasteiger partial charge in [0.1, 0.15) is 5.82 Å². The van der Waals surface area contributed by atoms with Gasteiger partial charge in [-0.2, -0.15) is 4.31 Å². The first-order valence-corrected chi connectivity index (χ1v) is 9.32. The topological polar surface area (TPSA) is 57.7 Å². The lowest BCUT2D eigenvalue weighted by molar-refractivity contribution is -0.132. The van der Waals surface area contributed by atoms with Crippen LogP contribution in [-0.2, 0) is 14.8 Å². The Morgan fingerprint density at radius 2 is 1.83 bits per heavy atom. The summed E-state index contributed by atoms with van der Waals surface area (Å²) in [4.78, 5) is 14.1. The number of carbonyl (C=O) groups excluding carboxylic acids is 1. The number of likely N-dealkylation sites (N-methyl/N-ethyl adjacent to an activating group) is 1. The number of carbonyl (C=O) groups is 1. The molecular formula is C16H23FN2O3S. The van der Waals surface area contributed by atoms with Gasteiger partial charge in [0.2, 0.25) is 15.9 Å². The van der Waals surface area contributed by atoms with E-state index in [4.69, 9.17) is 0 Å². The van der Waals surface area contributed by atoms with Crippen LogP contribution in [0.25, 0.3) is 0 Å². The molecule has 0 aromatic heterocycles. The molecule has 1 aromatic rings. The Morgan fingerprint density at radius 3 is 2.35 bits per heavy atom. The molecule has 1 aromatic carbocycles. The SMILES string of the molecule is CCN(CC(=O)N1CCC(C)CC1)S(=O)(=O)c1ccc(F)cc1. The molecule has 0 aliphatic carbocycles. The van der Waals surface area contributed by atoms with Crippen molar-refractivity contribution in [3.05, 3.63) is 30.1 Å². The van der Waals surface area contributed by atoms with Crippen LogP contribution in [0.2, 0.25) is 0 Å². The predicted molar refractivity (Wildman–Crippen MR) is 85.8 cm³/mol. The van der Waals surface area contributed by atoms with Crippen molar-refractivity contribution in [2.45, 2.75) is 31.6 Å². The molecule has 128 valence electrons. The molecule has 2 rings (SSSR count). The third-order valence-corrected chi connectivity index (χ3v) is 6.19. The van der Waals surface area contributed by atoms with Gasteiger partial charge in [-0.1, -0.05) is 13.8 Å². The predicted octanol–water partition coefficient (Wildman–Crippen LogP) is 2.09. The molecule has 0 unspecified atom stereocenters. The number of hydrogen-bond acceptors (Lipinski definition) is 3. The van der Waals surface area contributed by atoms with Crippen LogP contribution < -0.4 is 0 Å². The summed E-state index contributed by atoms with van der Waals surface area (Å²) in [6.45, 7) is 5.20. The van der Waals surface area contributed by atoms with Gasteiger partial charge in [0.05, 0.1) is 11.4 Å². The summed E-state index contributed by atoms with van der Waals surface area (Å²) in [5.41, 5.74) is 0. The van der Waals surface area contributed by atoms with Crippen LogP contribution in [-0.4, -0.2) is 49.7 Å². The van der Waals surface area contributed by atoms with Crippen molar-refractivity contribution >= 4 is 15.9 Å². The largest absolute Gasteiger partial charge is 0.342 e. The van der Waals surface area contributed by atoms with Crippen molar-refractivity contribution in [1.82, 2.24) is 9.21 Å². The highest BCUT2D eigenvalue weighted by molar-refractivity contribution is 7.89. The normalized spacial score (nSPS) is 16.8. The van der Waals surface area contributed by atoms with Gasteiger partial charge in [0.25, 0.3) is 0 Å². The highest BCUT2D eigenvalue weighted by Crippen LogP contribution is 2.19. The molecule has 0 atom stereocenters. The number of piperidine rings is 1. The maximum Gasteiger partial charge on any atom is 0.243 e. The molecule has 0 spiro atoms. The Labute approximate surface area is 137 Å². The Hall–Kier alpha value is -1.47. The number of sulfonamides is 1. The fourth-order valence-corrected chi connectivity index (χ4v) is 4.03. The molecule has 1 aliphatic heterocycles. The minimum Gasteiger partial charge on any atom is -0.342 e. The van der Waals surface area contributed by atoms with Gasteiger partial charge in [0, 0.05) is 19.6 Å². The Balaban J connectivity index is 2.09. The average Bonchev–Trinajstić information content (AvgIpc) is 2.53. The van der Waals surface area contributed by atoms with E-state index in [0.29, 0.717) is 19.0 Å². The molecular weight excluding hydrogens is 319 g/mol. The van der Waals surface area contributed by atoms with E-state index in [0.717, 1.165) is 29.3 Å². The lowest BCUT2D eigenvalue weighted by Crippen LogP contribution is -2.45. The lowest BCUT2D eigenvalue weighted by atomic mass is 9.99. The van der Waals surface area contributed by atoms with E-state index in [-0.39, 0.29) is 23.9 Å². The molecule has 0 saturated carbocycles. The van der Waals surface area contributed by atoms with Crippen molar-refractivity contribution in [3.8, 4) is 0 Å². The van der Waals surface area contributed by atoms with Crippen LogP contribution >= 0.6 is 0 Å². The van der Waals surface area contributed by atoms with Crippen molar-refractivity contribution < 1.29 is 17.6 Å². The van der Waals surface area contributed by atoms with E-state index in [9.17, 15) is 17.6 Å². The number of halogens is 1. The molecule has 1 saturated heterocycles. The summed E-state index contributed by atoms with van der Waals surface area (Å²) >= 11 is 0. The zero-order chi connectivity index (χ0) is 17.0. The first-order chi connectivity index (χ1) is 10.8. The first kappa shape index (κ1) is 17.9. The maximum absolute atomic E-state index is 13.0. The van der Waals surface area contributed by atoms with E-state index in [2.05, 4.69) is 6.92 Å². The van der Waals surface area contributed by atoms with E-state index in [1.165, 1.54) is 12.1 Å². The van der Waals surface area contributed by atoms with E-state index >= 15 is 0 Å². The number of rotatable bonds is 5. The van der Waals surface area contributed by atoms with E-state index in [1.54, 1.807) is 11.8 Å². The van der Waals surface area contributed by atoms with Crippen molar-refractivity contribution in [2.24, 2.45) is 5.92 Å². The van der Waals surface area contributed by atoms with Crippen LogP contribution in [0.3, 0.4) is 0 Å². The molecule has 0 N–H and O–H groups in total. The van der Waals surface area contributed by atoms with Crippen LogP contribution in [0.1, 0.15) is 26.7 Å². The second kappa shape index (κ2) is 7.40. The number of hydrogen-bond donors (Lipinski definition) is 0. The van der Waals surface area contributed by atoms with Crippen LogP contribution in [0.5, 0.6) is 0 Å². The van der Waals surface area contributed by atoms with Crippen LogP contribution in [0.15, 0.2) is 29.2 Å². The highest BCUT2D eigenvalue weighted by atomic mass is 32.2. The molecule has 0 bridgehead atoms. The van der Waals surface area contributed by atoms with Gasteiger partial charge in [-0.05, 0) is 43.0 Å². The van der Waals surface area contributed by atoms with Crippen molar-refractivity contribution in [3.63, 3.8) is 0 Å². The van der Waals surface area contributed by atoms with E-state index in [1.807, 2.05) is 0 Å². The van der Waals surface area contributed by atoms with Gasteiger partial charge in [0.15, 0.2) is 0 Å². The van der Waals surface area contributed by atoms with Gasteiger partial charge >= 0.3 is 0 Å². The minimum absolute atomic E-state index is 0.000756. The smallest absolute Gasteiger partial charge is 0.243 e. The number of nitrogens with zero attached hydrogens (tertiary/aromatic N) is 2. The number of likely N-dealkylation sites (tertiary alicyclic amines) is 1. The fraction of sp³-hybridized carbons (Fsp3) is 0.562. The van der Waals surface area contributed by atoms with Gasteiger partial charge in [-0.25, -0.2) is 12.8 Å². The summed E-state index contributed by atoms with van der Waals surface area (Å²) in [6.07, 6.45) is 1.89. The molecule has 0 radical (unpaired) electrons. The second-order valence-corrected chi connectivity index (χ2v) is 7.89. The van der Waals surface area contributed by atoms with Crippen LogP contribution in [0.4, 0.5) is 4.39 Å². The molecule has 7 heteroatoms. The Bertz CT molecular complexity index is 638. The molecule has 1 amide bonds. The standard InChI is InChI=1S/C16H23FN2O3S/c1-3-19(12-16(20)18-10-8-13(2)9-11-18)23(21,22)15-6-4-14(17)5-7-15/h4-7,13H,3,8-12H2,1-2H3. The quantitative estimate of drug-likeness (QED) is 0.823. The van der Waals surface area contributed by atoms with Gasteiger partial charge < -0.3 is 4.90 Å². The third kappa shape index (κ3) is 4.29. The Morgan fingerprint density at radius 1 is 1.26 bits per heavy atom. The molecule has 23 heavy (non-hydrogen) atoms. The minimum atomic E-state index is -3.79. The zero-order valence-corrected chi connectivity index (χ0v) is 14.4. The summed E-state index contributed by atoms with van der Waals surface area (Å²) < 4.78 is 39.3. The van der Waals surface area contributed by atoms with Crippen molar-refractivity contribution in [1.29, 1.82) is 0 Å². The zero-order valence-electron chi connectivity index (χ0n) is 13.5. The molecule has 1 aliphatic rings. The first-order valence-electron chi connectivity index (χ1n) is 7.88. The summed E-state index contributed by atoms with van der Waals surface area (Å²) in [5.74, 6) is -0.0702. The van der Waals surface area contributed by atoms with Crippen molar-refractivity contribution in [2.75, 3.05) is 26.2 Å². The lowest BCUT2D eigenvalue weighted by Gasteiger charge is -2.32. The molecule has 5 nitrogen and oxygen atoms in total. The fourth-order valence-electron chi connectivity index (χ4n) is 2.63. The monoisotopic (exact) mass is 342 g/mol. The average molecular weight is 342 g/mol. The highest BCUT2D eigenvalue weighted by Gasteiger charge is 2.28.